The van der Waals surface area contributed by atoms with Gasteiger partial charge in [-0.3, -0.25) is 4.68 Å². The van der Waals surface area contributed by atoms with E-state index in [9.17, 15) is 0 Å². The summed E-state index contributed by atoms with van der Waals surface area (Å²) < 4.78 is 1.88. The molecule has 0 aliphatic carbocycles. The minimum atomic E-state index is -0.476. The average molecular weight is 212 g/mol. The Hall–Kier alpha value is -0.870. The van der Waals surface area contributed by atoms with Gasteiger partial charge in [0.1, 0.15) is 0 Å². The maximum Gasteiger partial charge on any atom is 0.0631 e. The van der Waals surface area contributed by atoms with Gasteiger partial charge in [0.2, 0.25) is 0 Å². The zero-order chi connectivity index (χ0) is 11.5. The molecule has 0 atom stereocenters. The lowest BCUT2D eigenvalue weighted by Gasteiger charge is -2.23. The fourth-order valence-electron chi connectivity index (χ4n) is 1.36. The van der Waals surface area contributed by atoms with Gasteiger partial charge in [-0.1, -0.05) is 6.92 Å². The summed E-state index contributed by atoms with van der Waals surface area (Å²) in [6.07, 6.45) is 2.52. The van der Waals surface area contributed by atoms with Gasteiger partial charge in [-0.2, -0.15) is 5.10 Å². The number of nitrogens with zero attached hydrogens (tertiary/aromatic N) is 2. The number of hydrogen-bond acceptors (Lipinski definition) is 3. The van der Waals surface area contributed by atoms with Crippen LogP contribution in [0.25, 0.3) is 0 Å². The van der Waals surface area contributed by atoms with Crippen LogP contribution >= 0.6 is 0 Å². The summed E-state index contributed by atoms with van der Waals surface area (Å²) in [5.74, 6) is 0. The molecule has 1 aromatic rings. The van der Waals surface area contributed by atoms with Crippen LogP contribution in [-0.2, 0) is 6.42 Å². The molecule has 86 valence electrons. The van der Waals surface area contributed by atoms with Gasteiger partial charge in [0.25, 0.3) is 0 Å². The first-order chi connectivity index (χ1) is 7.00. The molecule has 0 saturated heterocycles. The smallest absolute Gasteiger partial charge is 0.0631 e. The molecular formula is C11H20N2O2. The van der Waals surface area contributed by atoms with Crippen molar-refractivity contribution in [3.63, 3.8) is 0 Å². The van der Waals surface area contributed by atoms with E-state index in [4.69, 9.17) is 10.2 Å². The van der Waals surface area contributed by atoms with Crippen molar-refractivity contribution >= 4 is 0 Å². The Kier molecular flexibility index (Phi) is 3.88. The lowest BCUT2D eigenvalue weighted by atomic mass is 9.87. The molecule has 4 heteroatoms. The Morgan fingerprint density at radius 2 is 2.00 bits per heavy atom. The monoisotopic (exact) mass is 212 g/mol. The Labute approximate surface area is 90.5 Å². The molecule has 0 fully saturated rings. The van der Waals surface area contributed by atoms with Crippen LogP contribution in [0.4, 0.5) is 0 Å². The van der Waals surface area contributed by atoms with Crippen LogP contribution in [0.2, 0.25) is 0 Å². The molecule has 0 amide bonds. The molecular weight excluding hydrogens is 192 g/mol. The van der Waals surface area contributed by atoms with E-state index < -0.39 is 5.41 Å². The minimum Gasteiger partial charge on any atom is -0.396 e. The van der Waals surface area contributed by atoms with Crippen molar-refractivity contribution in [2.24, 2.45) is 5.41 Å². The third kappa shape index (κ3) is 3.04. The highest BCUT2D eigenvalue weighted by Crippen LogP contribution is 2.20. The SMILES string of the molecule is CC(C)n1ccc(CC(C)(CO)CO)n1. The quantitative estimate of drug-likeness (QED) is 0.765. The zero-order valence-electron chi connectivity index (χ0n) is 9.64. The second kappa shape index (κ2) is 4.77. The van der Waals surface area contributed by atoms with Crippen LogP contribution in [0.3, 0.4) is 0 Å². The lowest BCUT2D eigenvalue weighted by Crippen LogP contribution is -2.28. The summed E-state index contributed by atoms with van der Waals surface area (Å²) >= 11 is 0. The van der Waals surface area contributed by atoms with E-state index >= 15 is 0 Å². The highest BCUT2D eigenvalue weighted by Gasteiger charge is 2.24. The Balaban J connectivity index is 2.72. The molecule has 0 saturated carbocycles. The van der Waals surface area contributed by atoms with Gasteiger partial charge in [-0.15, -0.1) is 0 Å². The highest BCUT2D eigenvalue weighted by molar-refractivity contribution is 5.03. The molecule has 0 unspecified atom stereocenters. The molecule has 0 aromatic carbocycles. The van der Waals surface area contributed by atoms with Crippen molar-refractivity contribution in [1.29, 1.82) is 0 Å². The molecule has 0 radical (unpaired) electrons. The lowest BCUT2D eigenvalue weighted by molar-refractivity contribution is 0.0694. The Morgan fingerprint density at radius 1 is 1.40 bits per heavy atom. The average Bonchev–Trinajstić information content (AvgIpc) is 2.66. The van der Waals surface area contributed by atoms with E-state index in [1.807, 2.05) is 23.9 Å². The molecule has 2 N–H and O–H groups in total. The van der Waals surface area contributed by atoms with Crippen molar-refractivity contribution in [1.82, 2.24) is 9.78 Å². The summed E-state index contributed by atoms with van der Waals surface area (Å²) in [5.41, 5.74) is 0.435. The Bertz CT molecular complexity index is 303. The van der Waals surface area contributed by atoms with E-state index in [1.54, 1.807) is 0 Å². The first kappa shape index (κ1) is 12.2. The Morgan fingerprint density at radius 3 is 2.40 bits per heavy atom. The van der Waals surface area contributed by atoms with Crippen LogP contribution < -0.4 is 0 Å². The minimum absolute atomic E-state index is 0.0297. The fourth-order valence-corrected chi connectivity index (χ4v) is 1.36. The number of aliphatic hydroxyl groups is 2. The molecule has 1 heterocycles. The van der Waals surface area contributed by atoms with Crippen molar-refractivity contribution in [2.75, 3.05) is 13.2 Å². The van der Waals surface area contributed by atoms with E-state index in [0.29, 0.717) is 12.5 Å². The summed E-state index contributed by atoms with van der Waals surface area (Å²) in [5, 5.41) is 22.7. The maximum absolute atomic E-state index is 9.17. The van der Waals surface area contributed by atoms with Crippen LogP contribution in [0, 0.1) is 5.41 Å². The number of aromatic nitrogens is 2. The molecule has 4 nitrogen and oxygen atoms in total. The van der Waals surface area contributed by atoms with E-state index in [1.165, 1.54) is 0 Å². The van der Waals surface area contributed by atoms with Gasteiger partial charge in [0.05, 0.1) is 18.9 Å². The molecule has 1 aromatic heterocycles. The predicted molar refractivity (Wildman–Crippen MR) is 58.6 cm³/mol. The second-order valence-electron chi connectivity index (χ2n) is 4.68. The maximum atomic E-state index is 9.17. The molecule has 15 heavy (non-hydrogen) atoms. The zero-order valence-corrected chi connectivity index (χ0v) is 9.64. The standard InChI is InChI=1S/C11H20N2O2/c1-9(2)13-5-4-10(12-13)6-11(3,7-14)8-15/h4-5,9,14-15H,6-8H2,1-3H3. The first-order valence-corrected chi connectivity index (χ1v) is 5.26. The molecule has 0 aliphatic heterocycles. The summed E-state index contributed by atoms with van der Waals surface area (Å²) in [4.78, 5) is 0. The largest absolute Gasteiger partial charge is 0.396 e. The summed E-state index contributed by atoms with van der Waals surface area (Å²) in [6.45, 7) is 5.92. The van der Waals surface area contributed by atoms with Crippen molar-refractivity contribution in [3.8, 4) is 0 Å². The normalized spacial score (nSPS) is 12.4. The van der Waals surface area contributed by atoms with Gasteiger partial charge < -0.3 is 10.2 Å². The summed E-state index contributed by atoms with van der Waals surface area (Å²) in [7, 11) is 0. The number of hydrogen-bond donors (Lipinski definition) is 2. The highest BCUT2D eigenvalue weighted by atomic mass is 16.3. The van der Waals surface area contributed by atoms with Gasteiger partial charge in [0.15, 0.2) is 0 Å². The van der Waals surface area contributed by atoms with Crippen molar-refractivity contribution < 1.29 is 10.2 Å². The molecule has 0 aliphatic rings. The van der Waals surface area contributed by atoms with E-state index in [0.717, 1.165) is 5.69 Å². The topological polar surface area (TPSA) is 58.3 Å². The third-order valence-electron chi connectivity index (χ3n) is 2.56. The van der Waals surface area contributed by atoms with Crippen LogP contribution in [-0.4, -0.2) is 33.2 Å². The van der Waals surface area contributed by atoms with Crippen LogP contribution in [0.1, 0.15) is 32.5 Å². The van der Waals surface area contributed by atoms with Gasteiger partial charge in [-0.25, -0.2) is 0 Å². The number of rotatable bonds is 5. The van der Waals surface area contributed by atoms with Crippen molar-refractivity contribution in [3.05, 3.63) is 18.0 Å². The molecule has 0 bridgehead atoms. The van der Waals surface area contributed by atoms with Crippen LogP contribution in [0.15, 0.2) is 12.3 Å². The van der Waals surface area contributed by atoms with E-state index in [2.05, 4.69) is 18.9 Å². The molecule has 1 rings (SSSR count). The molecule has 0 spiro atoms. The third-order valence-corrected chi connectivity index (χ3v) is 2.56. The predicted octanol–water partition coefficient (Wildman–Crippen LogP) is 0.997. The fraction of sp³-hybridized carbons (Fsp3) is 0.727. The van der Waals surface area contributed by atoms with Gasteiger partial charge >= 0.3 is 0 Å². The number of aliphatic hydroxyl groups excluding tert-OH is 2. The second-order valence-corrected chi connectivity index (χ2v) is 4.68. The van der Waals surface area contributed by atoms with Gasteiger partial charge in [-0.05, 0) is 19.9 Å². The van der Waals surface area contributed by atoms with E-state index in [-0.39, 0.29) is 13.2 Å². The van der Waals surface area contributed by atoms with Crippen LogP contribution in [0.5, 0.6) is 0 Å². The first-order valence-electron chi connectivity index (χ1n) is 5.26. The van der Waals surface area contributed by atoms with Crippen molar-refractivity contribution in [2.45, 2.75) is 33.2 Å². The summed E-state index contributed by atoms with van der Waals surface area (Å²) in [6, 6.07) is 2.28. The van der Waals surface area contributed by atoms with Gasteiger partial charge in [0, 0.05) is 24.1 Å².